The molecule has 0 aromatic heterocycles. The van der Waals surface area contributed by atoms with Crippen LogP contribution in [0.15, 0.2) is 24.3 Å². The first-order valence-corrected chi connectivity index (χ1v) is 18.1. The third kappa shape index (κ3) is 5.08. The van der Waals surface area contributed by atoms with Gasteiger partial charge in [-0.05, 0) is 131 Å². The van der Waals surface area contributed by atoms with Gasteiger partial charge >= 0.3 is 5.97 Å². The molecule has 4 aliphatic rings. The maximum atomic E-state index is 12.6. The molecule has 210 valence electrons. The van der Waals surface area contributed by atoms with Crippen LogP contribution in [0.25, 0.3) is 0 Å². The summed E-state index contributed by atoms with van der Waals surface area (Å²) in [5.41, 5.74) is 1.62. The van der Waals surface area contributed by atoms with E-state index in [1.807, 2.05) is 20.8 Å². The maximum Gasteiger partial charge on any atom is 0.311 e. The van der Waals surface area contributed by atoms with E-state index in [1.165, 1.54) is 25.7 Å². The van der Waals surface area contributed by atoms with Crippen molar-refractivity contribution in [1.29, 1.82) is 0 Å². The fourth-order valence-corrected chi connectivity index (χ4v) is 9.83. The fourth-order valence-electron chi connectivity index (χ4n) is 8.38. The summed E-state index contributed by atoms with van der Waals surface area (Å²) in [4.78, 5) is 12.6. The summed E-state index contributed by atoms with van der Waals surface area (Å²) in [6, 6.07) is 0. The van der Waals surface area contributed by atoms with Crippen molar-refractivity contribution in [3.05, 3.63) is 24.3 Å². The van der Waals surface area contributed by atoms with Crippen molar-refractivity contribution < 1.29 is 14.0 Å². The van der Waals surface area contributed by atoms with E-state index >= 15 is 0 Å². The summed E-state index contributed by atoms with van der Waals surface area (Å²) in [5.74, 6) is 2.74. The van der Waals surface area contributed by atoms with Gasteiger partial charge in [0, 0.05) is 0 Å². The minimum Gasteiger partial charge on any atom is -0.458 e. The third-order valence-corrected chi connectivity index (χ3v) is 16.2. The van der Waals surface area contributed by atoms with E-state index in [9.17, 15) is 4.79 Å². The Kier molecular flexibility index (Phi) is 7.59. The molecule has 0 amide bonds. The van der Waals surface area contributed by atoms with Crippen LogP contribution in [-0.2, 0) is 14.0 Å². The molecule has 3 fully saturated rings. The van der Waals surface area contributed by atoms with Crippen molar-refractivity contribution in [2.45, 2.75) is 137 Å². The molecule has 0 aromatic carbocycles. The van der Waals surface area contributed by atoms with E-state index in [-0.39, 0.29) is 27.9 Å². The molecule has 0 bridgehead atoms. The molecular weight excluding hydrogens is 472 g/mol. The lowest BCUT2D eigenvalue weighted by Crippen LogP contribution is -2.56. The van der Waals surface area contributed by atoms with Crippen LogP contribution in [0.1, 0.15) is 107 Å². The first-order valence-electron chi connectivity index (χ1n) is 15.1. The Hall–Kier alpha value is -0.873. The second kappa shape index (κ2) is 9.65. The zero-order valence-corrected chi connectivity index (χ0v) is 26.7. The molecule has 4 rings (SSSR count). The highest BCUT2D eigenvalue weighted by Crippen LogP contribution is 2.68. The van der Waals surface area contributed by atoms with E-state index in [0.29, 0.717) is 17.9 Å². The van der Waals surface area contributed by atoms with Crippen LogP contribution < -0.4 is 0 Å². The molecule has 0 heterocycles. The van der Waals surface area contributed by atoms with Gasteiger partial charge in [-0.3, -0.25) is 4.79 Å². The van der Waals surface area contributed by atoms with Gasteiger partial charge in [0.05, 0.1) is 11.5 Å². The summed E-state index contributed by atoms with van der Waals surface area (Å²) >= 11 is 0. The topological polar surface area (TPSA) is 35.5 Å². The lowest BCUT2D eigenvalue weighted by molar-refractivity contribution is -0.158. The van der Waals surface area contributed by atoms with Crippen molar-refractivity contribution in [2.75, 3.05) is 0 Å². The van der Waals surface area contributed by atoms with Gasteiger partial charge < -0.3 is 9.16 Å². The van der Waals surface area contributed by atoms with Crippen LogP contribution >= 0.6 is 0 Å². The fraction of sp³-hybridized carbons (Fsp3) is 0.848. The van der Waals surface area contributed by atoms with Gasteiger partial charge in [0.2, 0.25) is 0 Å². The normalized spacial score (nSPS) is 40.2. The zero-order chi connectivity index (χ0) is 27.6. The Morgan fingerprint density at radius 3 is 2.32 bits per heavy atom. The first kappa shape index (κ1) is 29.1. The number of ether oxygens (including phenoxy) is 1. The first-order chi connectivity index (χ1) is 16.9. The standard InChI is InChI=1S/C33H56O3Si/c1-12-13-22-20-23-21-24(35-29(34)30(2,3)4)16-18-32(23,8)26-17-19-33(9)25(28(22)26)14-15-27(33)36-37(10,11)31(5,6)7/h12,21-22,24-28H,1,13-20H2,2-11H3/t22-,24+,25?,26?,27+,28?,32+,33+/m1/s1. The molecule has 3 saturated carbocycles. The molecule has 4 heteroatoms. The van der Waals surface area contributed by atoms with Crippen molar-refractivity contribution in [3.8, 4) is 0 Å². The van der Waals surface area contributed by atoms with Gasteiger partial charge in [0.25, 0.3) is 0 Å². The van der Waals surface area contributed by atoms with Gasteiger partial charge in [-0.25, -0.2) is 0 Å². The Bertz CT molecular complexity index is 921. The summed E-state index contributed by atoms with van der Waals surface area (Å²) in [5, 5.41) is 0.247. The van der Waals surface area contributed by atoms with Crippen LogP contribution in [0.4, 0.5) is 0 Å². The highest BCUT2D eigenvalue weighted by molar-refractivity contribution is 6.74. The Labute approximate surface area is 229 Å². The number of carbonyl (C=O) groups is 1. The molecule has 37 heavy (non-hydrogen) atoms. The monoisotopic (exact) mass is 528 g/mol. The molecule has 0 spiro atoms. The number of hydrogen-bond donors (Lipinski definition) is 0. The third-order valence-electron chi connectivity index (χ3n) is 11.7. The van der Waals surface area contributed by atoms with E-state index in [4.69, 9.17) is 9.16 Å². The van der Waals surface area contributed by atoms with E-state index in [2.05, 4.69) is 66.4 Å². The predicted molar refractivity (Wildman–Crippen MR) is 157 cm³/mol. The van der Waals surface area contributed by atoms with Gasteiger partial charge in [-0.1, -0.05) is 46.3 Å². The van der Waals surface area contributed by atoms with Crippen LogP contribution in [0.3, 0.4) is 0 Å². The van der Waals surface area contributed by atoms with E-state index in [1.54, 1.807) is 5.57 Å². The number of rotatable bonds is 5. The molecule has 0 aromatic rings. The Morgan fingerprint density at radius 1 is 1.05 bits per heavy atom. The van der Waals surface area contributed by atoms with E-state index < -0.39 is 13.7 Å². The van der Waals surface area contributed by atoms with Crippen molar-refractivity contribution >= 4 is 14.3 Å². The van der Waals surface area contributed by atoms with Crippen LogP contribution in [0, 0.1) is 39.9 Å². The van der Waals surface area contributed by atoms with E-state index in [0.717, 1.165) is 37.5 Å². The minimum atomic E-state index is -1.81. The number of esters is 1. The maximum absolute atomic E-state index is 12.6. The molecule has 0 radical (unpaired) electrons. The second-order valence-corrected chi connectivity index (χ2v) is 20.9. The van der Waals surface area contributed by atoms with Crippen LogP contribution in [0.5, 0.6) is 0 Å². The van der Waals surface area contributed by atoms with Crippen LogP contribution in [0.2, 0.25) is 18.1 Å². The van der Waals surface area contributed by atoms with Gasteiger partial charge in [-0.2, -0.15) is 0 Å². The molecule has 4 aliphatic carbocycles. The second-order valence-electron chi connectivity index (χ2n) is 16.1. The SMILES string of the molecule is C=CC[C@@H]1CC2=C[C@@H](OC(=O)C(C)(C)C)CC[C@]2(C)C2CC[C@@]3(C)C(CC[C@@H]3O[Si](C)(C)C(C)(C)C)C21. The highest BCUT2D eigenvalue weighted by atomic mass is 28.4. The van der Waals surface area contributed by atoms with Crippen molar-refractivity contribution in [1.82, 2.24) is 0 Å². The lowest BCUT2D eigenvalue weighted by atomic mass is 9.44. The molecule has 8 atom stereocenters. The van der Waals surface area contributed by atoms with Crippen LogP contribution in [-0.4, -0.2) is 26.5 Å². The summed E-state index contributed by atoms with van der Waals surface area (Å²) in [6.07, 6.45) is 14.3. The highest BCUT2D eigenvalue weighted by Gasteiger charge is 2.62. The molecule has 0 aliphatic heterocycles. The van der Waals surface area contributed by atoms with Crippen molar-refractivity contribution in [2.24, 2.45) is 39.9 Å². The van der Waals surface area contributed by atoms with Crippen molar-refractivity contribution in [3.63, 3.8) is 0 Å². The van der Waals surface area contributed by atoms with Gasteiger partial charge in [0.1, 0.15) is 6.10 Å². The molecule has 3 nitrogen and oxygen atoms in total. The summed E-state index contributed by atoms with van der Waals surface area (Å²) in [6.45, 7) is 27.1. The number of hydrogen-bond acceptors (Lipinski definition) is 3. The average molecular weight is 529 g/mol. The van der Waals surface area contributed by atoms with Gasteiger partial charge in [0.15, 0.2) is 8.32 Å². The number of carbonyl (C=O) groups excluding carboxylic acids is 1. The summed E-state index contributed by atoms with van der Waals surface area (Å²) < 4.78 is 13.2. The Morgan fingerprint density at radius 2 is 1.73 bits per heavy atom. The minimum absolute atomic E-state index is 0.0709. The quantitative estimate of drug-likeness (QED) is 0.203. The number of fused-ring (bicyclic) bond motifs is 5. The molecule has 0 N–H and O–H groups in total. The molecular formula is C33H56O3Si. The zero-order valence-electron chi connectivity index (χ0n) is 25.7. The summed E-state index contributed by atoms with van der Waals surface area (Å²) in [7, 11) is -1.81. The smallest absolute Gasteiger partial charge is 0.311 e. The average Bonchev–Trinajstić information content (AvgIpc) is 3.09. The number of allylic oxidation sites excluding steroid dienone is 2. The lowest BCUT2D eigenvalue weighted by Gasteiger charge is -2.61. The molecule has 0 saturated heterocycles. The Balaban J connectivity index is 1.61. The predicted octanol–water partition coefficient (Wildman–Crippen LogP) is 9.10. The van der Waals surface area contributed by atoms with Gasteiger partial charge in [-0.15, -0.1) is 6.58 Å². The molecule has 3 unspecified atom stereocenters. The largest absolute Gasteiger partial charge is 0.458 e.